The van der Waals surface area contributed by atoms with E-state index in [1.54, 1.807) is 0 Å². The lowest BCUT2D eigenvalue weighted by atomic mass is 10.5. The van der Waals surface area contributed by atoms with Crippen molar-refractivity contribution in [3.05, 3.63) is 11.8 Å². The Kier molecular flexibility index (Phi) is 5.32. The summed E-state index contributed by atoms with van der Waals surface area (Å²) in [4.78, 5) is 0. The predicted molar refractivity (Wildman–Crippen MR) is 30.9 cm³/mol. The molecule has 0 spiro atoms. The van der Waals surface area contributed by atoms with Gasteiger partial charge in [0.25, 0.3) is 0 Å². The highest BCUT2D eigenvalue weighted by atomic mass is 28.8. The maximum Gasteiger partial charge on any atom is 0.0239 e. The molecule has 0 aliphatic carbocycles. The highest BCUT2D eigenvalue weighted by molar-refractivity contribution is 6.65. The monoisotopic (exact) mass is 111 g/mol. The van der Waals surface area contributed by atoms with Gasteiger partial charge in [0.15, 0.2) is 0 Å². The molecule has 0 saturated carbocycles. The summed E-state index contributed by atoms with van der Waals surface area (Å²) >= 11 is 0. The molecule has 0 aromatic carbocycles. The Labute approximate surface area is 43.8 Å². The third kappa shape index (κ3) is 4.17. The van der Waals surface area contributed by atoms with Gasteiger partial charge in [0.05, 0.1) is 0 Å². The molecule has 0 nitrogen and oxygen atoms in total. The Morgan fingerprint density at radius 3 is 2.67 bits per heavy atom. The summed E-state index contributed by atoms with van der Waals surface area (Å²) in [5.41, 5.74) is 2.12. The van der Waals surface area contributed by atoms with E-state index in [9.17, 15) is 0 Å². The molecule has 0 heterocycles. The van der Waals surface area contributed by atoms with Crippen molar-refractivity contribution >= 4 is 17.9 Å². The minimum absolute atomic E-state index is 0.790. The molecule has 0 atom stereocenters. The highest BCUT2D eigenvalue weighted by Gasteiger charge is 1.56. The number of allylic oxidation sites excluding steroid dienone is 1. The fraction of sp³-hybridized carbons (Fsp3) is 0.500. The van der Waals surface area contributed by atoms with Crippen molar-refractivity contribution in [1.82, 2.24) is 0 Å². The van der Waals surface area contributed by atoms with E-state index in [2.05, 4.69) is 28.0 Å². The third-order valence-corrected chi connectivity index (χ3v) is 1.34. The van der Waals surface area contributed by atoms with Gasteiger partial charge in [-0.3, -0.25) is 0 Å². The molecule has 0 amide bonds. The van der Waals surface area contributed by atoms with E-state index in [1.165, 1.54) is 0 Å². The van der Waals surface area contributed by atoms with E-state index < -0.39 is 0 Å². The third-order valence-electron chi connectivity index (χ3n) is 0.437. The van der Waals surface area contributed by atoms with Gasteiger partial charge in [-0.25, -0.2) is 0 Å². The molecule has 0 rings (SSSR count). The van der Waals surface area contributed by atoms with E-state index in [-0.39, 0.29) is 0 Å². The number of hydrogen-bond acceptors (Lipinski definition) is 0. The van der Waals surface area contributed by atoms with Crippen molar-refractivity contribution in [3.63, 3.8) is 0 Å². The SMILES string of the molecule is CCC=C[Si]=[Si]. The first-order chi connectivity index (χ1) is 2.91. The van der Waals surface area contributed by atoms with E-state index in [0.717, 1.165) is 15.0 Å². The molecule has 31 valence electrons. The maximum atomic E-state index is 3.33. The molecule has 0 aliphatic heterocycles. The fourth-order valence-corrected chi connectivity index (χ4v) is 0.884. The predicted octanol–water partition coefficient (Wildman–Crippen LogP) is 0.698. The molecule has 3 radical (unpaired) electrons. The topological polar surface area (TPSA) is 0 Å². The van der Waals surface area contributed by atoms with Gasteiger partial charge in [-0.05, 0) is 6.42 Å². The Hall–Kier alpha value is 0.174. The van der Waals surface area contributed by atoms with E-state index in [4.69, 9.17) is 0 Å². The summed E-state index contributed by atoms with van der Waals surface area (Å²) in [6.45, 7) is 2.13. The molecule has 0 aromatic rings. The van der Waals surface area contributed by atoms with Gasteiger partial charge >= 0.3 is 0 Å². The first kappa shape index (κ1) is 6.17. The smallest absolute Gasteiger partial charge is 0.0239 e. The second kappa shape index (κ2) is 5.17. The molecule has 0 bridgehead atoms. The summed E-state index contributed by atoms with van der Waals surface area (Å²) in [5.74, 6) is 0. The standard InChI is InChI=1S/C4H7Si2/c1-2-3-4-6-5/h3-4H,2H2,1H3. The largest absolute Gasteiger partial charge is 0.0894 e. The second-order valence-electron chi connectivity index (χ2n) is 0.955. The lowest BCUT2D eigenvalue weighted by Crippen LogP contribution is -1.61. The summed E-state index contributed by atoms with van der Waals surface area (Å²) < 4.78 is 0. The zero-order chi connectivity index (χ0) is 4.83. The lowest BCUT2D eigenvalue weighted by molar-refractivity contribution is 1.23. The normalized spacial score (nSPS) is 9.50. The molecule has 6 heavy (non-hydrogen) atoms. The van der Waals surface area contributed by atoms with Crippen LogP contribution in [0.5, 0.6) is 0 Å². The minimum Gasteiger partial charge on any atom is -0.0894 e. The van der Waals surface area contributed by atoms with Crippen LogP contribution in [0.25, 0.3) is 0 Å². The highest BCUT2D eigenvalue weighted by Crippen LogP contribution is 1.72. The van der Waals surface area contributed by atoms with Gasteiger partial charge in [0.1, 0.15) is 0 Å². The summed E-state index contributed by atoms with van der Waals surface area (Å²) in [5, 5.41) is 0. The number of rotatable bonds is 2. The van der Waals surface area contributed by atoms with Gasteiger partial charge in [0, 0.05) is 17.9 Å². The molecule has 2 heteroatoms. The maximum absolute atomic E-state index is 3.33. The van der Waals surface area contributed by atoms with Crippen LogP contribution in [0.4, 0.5) is 0 Å². The molecule has 0 N–H and O–H groups in total. The average molecular weight is 111 g/mol. The van der Waals surface area contributed by atoms with E-state index >= 15 is 0 Å². The molecule has 0 fully saturated rings. The summed E-state index contributed by atoms with van der Waals surface area (Å²) in [7, 11) is 4.12. The van der Waals surface area contributed by atoms with Crippen molar-refractivity contribution < 1.29 is 0 Å². The van der Waals surface area contributed by atoms with Crippen molar-refractivity contribution in [2.45, 2.75) is 13.3 Å². The number of hydrogen-bond donors (Lipinski definition) is 0. The van der Waals surface area contributed by atoms with Crippen LogP contribution in [-0.4, -0.2) is 17.9 Å². The van der Waals surface area contributed by atoms with Gasteiger partial charge in [-0.1, -0.05) is 18.7 Å². The summed E-state index contributed by atoms with van der Waals surface area (Å²) in [6.07, 6.45) is 3.29. The molecule has 0 aliphatic rings. The van der Waals surface area contributed by atoms with E-state index in [1.807, 2.05) is 0 Å². The summed E-state index contributed by atoms with van der Waals surface area (Å²) in [6, 6.07) is 0. The Bertz CT molecular complexity index is 56.6. The molecular formula is C4H7Si2. The van der Waals surface area contributed by atoms with Crippen LogP contribution in [0.2, 0.25) is 0 Å². The zero-order valence-corrected chi connectivity index (χ0v) is 5.86. The van der Waals surface area contributed by atoms with Crippen LogP contribution < -0.4 is 0 Å². The van der Waals surface area contributed by atoms with Crippen molar-refractivity contribution in [2.24, 2.45) is 0 Å². The first-order valence-electron chi connectivity index (χ1n) is 1.99. The molecule has 0 saturated heterocycles. The van der Waals surface area contributed by atoms with E-state index in [0.29, 0.717) is 0 Å². The van der Waals surface area contributed by atoms with Gasteiger partial charge in [-0.15, -0.1) is 0 Å². The molecule has 0 unspecified atom stereocenters. The Balaban J connectivity index is 2.94. The molecule has 0 aromatic heterocycles. The van der Waals surface area contributed by atoms with Gasteiger partial charge < -0.3 is 0 Å². The average Bonchev–Trinajstić information content (AvgIpc) is 1.61. The quantitative estimate of drug-likeness (QED) is 0.460. The molecular weight excluding hydrogens is 104 g/mol. The van der Waals surface area contributed by atoms with Crippen molar-refractivity contribution in [1.29, 1.82) is 0 Å². The van der Waals surface area contributed by atoms with Crippen molar-refractivity contribution in [3.8, 4) is 0 Å². The fourth-order valence-electron chi connectivity index (χ4n) is 0.177. The van der Waals surface area contributed by atoms with Crippen LogP contribution in [0.1, 0.15) is 13.3 Å². The van der Waals surface area contributed by atoms with Crippen LogP contribution in [-0.2, 0) is 0 Å². The van der Waals surface area contributed by atoms with Crippen LogP contribution >= 0.6 is 0 Å². The van der Waals surface area contributed by atoms with Crippen LogP contribution in [0, 0.1) is 0 Å². The lowest BCUT2D eigenvalue weighted by Gasteiger charge is -1.66. The van der Waals surface area contributed by atoms with Crippen LogP contribution in [0.3, 0.4) is 0 Å². The van der Waals surface area contributed by atoms with Gasteiger partial charge in [-0.2, -0.15) is 0 Å². The Morgan fingerprint density at radius 1 is 1.83 bits per heavy atom. The Morgan fingerprint density at radius 2 is 2.50 bits per heavy atom. The van der Waals surface area contributed by atoms with Gasteiger partial charge in [0.2, 0.25) is 0 Å². The first-order valence-corrected chi connectivity index (χ1v) is 4.56. The minimum atomic E-state index is 0.790. The van der Waals surface area contributed by atoms with Crippen molar-refractivity contribution in [2.75, 3.05) is 0 Å². The second-order valence-corrected chi connectivity index (χ2v) is 2.44. The zero-order valence-electron chi connectivity index (χ0n) is 3.86. The van der Waals surface area contributed by atoms with Crippen LogP contribution in [0.15, 0.2) is 11.8 Å².